The topological polar surface area (TPSA) is 42.6 Å². The van der Waals surface area contributed by atoms with Crippen LogP contribution in [0.15, 0.2) is 30.3 Å². The Kier molecular flexibility index (Phi) is 4.68. The second-order valence-electron chi connectivity index (χ2n) is 6.03. The highest BCUT2D eigenvalue weighted by Gasteiger charge is 2.25. The molecule has 3 rings (SSSR count). The summed E-state index contributed by atoms with van der Waals surface area (Å²) in [6.07, 6.45) is 0. The van der Waals surface area contributed by atoms with Crippen LogP contribution in [0.5, 0.6) is 0 Å². The fourth-order valence-corrected chi connectivity index (χ4v) is 3.38. The zero-order valence-electron chi connectivity index (χ0n) is 13.6. The number of aromatic nitrogens is 2. The summed E-state index contributed by atoms with van der Waals surface area (Å²) in [5.74, 6) is 0.162. The molecule has 0 aliphatic carbocycles. The summed E-state index contributed by atoms with van der Waals surface area (Å²) < 4.78 is 1.80. The minimum atomic E-state index is 0.162. The molecule has 1 aromatic carbocycles. The average molecular weight is 334 g/mol. The van der Waals surface area contributed by atoms with Crippen LogP contribution in [-0.4, -0.2) is 46.8 Å². The van der Waals surface area contributed by atoms with Crippen LogP contribution in [-0.2, 0) is 11.3 Å². The lowest BCUT2D eigenvalue weighted by Gasteiger charge is -2.31. The number of aryl methyl sites for hydroxylation is 1. The number of carbonyl (C=O) groups is 1. The molecule has 1 amide bonds. The Labute approximate surface area is 141 Å². The van der Waals surface area contributed by atoms with Gasteiger partial charge in [0.1, 0.15) is 11.7 Å². The molecular formula is C17H22ClN4O+. The van der Waals surface area contributed by atoms with Crippen molar-refractivity contribution in [2.45, 2.75) is 20.4 Å². The Morgan fingerprint density at radius 2 is 1.91 bits per heavy atom. The highest BCUT2D eigenvalue weighted by atomic mass is 35.5. The van der Waals surface area contributed by atoms with Crippen molar-refractivity contribution in [3.63, 3.8) is 0 Å². The maximum Gasteiger partial charge on any atom is 0.219 e. The first-order chi connectivity index (χ1) is 11.1. The number of quaternary nitrogens is 1. The first-order valence-corrected chi connectivity index (χ1v) is 8.32. The van der Waals surface area contributed by atoms with E-state index >= 15 is 0 Å². The SMILES string of the molecule is CC(=O)N1CC[NH+](Cc2c(C)nn(-c3ccccc3)c2Cl)CC1. The number of para-hydroxylation sites is 1. The molecular weight excluding hydrogens is 312 g/mol. The van der Waals surface area contributed by atoms with Gasteiger partial charge in [-0.25, -0.2) is 4.68 Å². The minimum Gasteiger partial charge on any atom is -0.332 e. The third-order valence-electron chi connectivity index (χ3n) is 4.47. The van der Waals surface area contributed by atoms with Crippen LogP contribution >= 0.6 is 11.6 Å². The predicted molar refractivity (Wildman–Crippen MR) is 90.0 cm³/mol. The molecule has 1 aromatic heterocycles. The van der Waals surface area contributed by atoms with Gasteiger partial charge in [-0.1, -0.05) is 29.8 Å². The number of hydrogen-bond donors (Lipinski definition) is 1. The first-order valence-electron chi connectivity index (χ1n) is 7.94. The Balaban J connectivity index is 1.75. The van der Waals surface area contributed by atoms with Gasteiger partial charge < -0.3 is 9.80 Å². The molecule has 0 unspecified atom stereocenters. The van der Waals surface area contributed by atoms with Crippen molar-refractivity contribution in [1.29, 1.82) is 0 Å². The quantitative estimate of drug-likeness (QED) is 0.913. The second-order valence-corrected chi connectivity index (χ2v) is 6.39. The Morgan fingerprint density at radius 1 is 1.26 bits per heavy atom. The third-order valence-corrected chi connectivity index (χ3v) is 4.85. The van der Waals surface area contributed by atoms with Gasteiger partial charge in [-0.3, -0.25) is 4.79 Å². The van der Waals surface area contributed by atoms with Crippen LogP contribution in [0.4, 0.5) is 0 Å². The van der Waals surface area contributed by atoms with E-state index in [9.17, 15) is 4.79 Å². The van der Waals surface area contributed by atoms with Gasteiger partial charge in [-0.05, 0) is 19.1 Å². The predicted octanol–water partition coefficient (Wildman–Crippen LogP) is 1.08. The van der Waals surface area contributed by atoms with Crippen LogP contribution in [0.2, 0.25) is 5.15 Å². The van der Waals surface area contributed by atoms with Gasteiger partial charge in [0.25, 0.3) is 0 Å². The summed E-state index contributed by atoms with van der Waals surface area (Å²) >= 11 is 6.59. The summed E-state index contributed by atoms with van der Waals surface area (Å²) in [4.78, 5) is 14.8. The van der Waals surface area contributed by atoms with Gasteiger partial charge in [-0.2, -0.15) is 5.10 Å². The van der Waals surface area contributed by atoms with Gasteiger partial charge in [0.15, 0.2) is 0 Å². The monoisotopic (exact) mass is 333 g/mol. The molecule has 122 valence electrons. The molecule has 0 radical (unpaired) electrons. The first kappa shape index (κ1) is 16.0. The molecule has 1 N–H and O–H groups in total. The van der Waals surface area contributed by atoms with Crippen molar-refractivity contribution in [2.24, 2.45) is 0 Å². The molecule has 1 aliphatic heterocycles. The van der Waals surface area contributed by atoms with Crippen LogP contribution < -0.4 is 4.90 Å². The second kappa shape index (κ2) is 6.72. The van der Waals surface area contributed by atoms with Crippen molar-refractivity contribution in [1.82, 2.24) is 14.7 Å². The number of nitrogens with one attached hydrogen (secondary N) is 1. The lowest BCUT2D eigenvalue weighted by Crippen LogP contribution is -3.13. The van der Waals surface area contributed by atoms with E-state index in [1.54, 1.807) is 11.6 Å². The Hall–Kier alpha value is -1.85. The van der Waals surface area contributed by atoms with E-state index in [4.69, 9.17) is 11.6 Å². The highest BCUT2D eigenvalue weighted by molar-refractivity contribution is 6.30. The standard InChI is InChI=1S/C17H21ClN4O/c1-13-16(12-20-8-10-21(11-9-20)14(2)23)17(18)22(19-13)15-6-4-3-5-7-15/h3-7H,8-12H2,1-2H3/p+1. The van der Waals surface area contributed by atoms with E-state index in [0.29, 0.717) is 5.15 Å². The zero-order chi connectivity index (χ0) is 16.4. The number of carbonyl (C=O) groups excluding carboxylic acids is 1. The van der Waals surface area contributed by atoms with E-state index < -0.39 is 0 Å². The van der Waals surface area contributed by atoms with Gasteiger partial charge in [0.05, 0.1) is 43.1 Å². The third kappa shape index (κ3) is 3.41. The Bertz CT molecular complexity index is 690. The van der Waals surface area contributed by atoms with Crippen molar-refractivity contribution in [3.05, 3.63) is 46.7 Å². The van der Waals surface area contributed by atoms with Crippen molar-refractivity contribution in [2.75, 3.05) is 26.2 Å². The average Bonchev–Trinajstić information content (AvgIpc) is 2.84. The normalized spacial score (nSPS) is 15.9. The van der Waals surface area contributed by atoms with Crippen LogP contribution in [0.3, 0.4) is 0 Å². The lowest BCUT2D eigenvalue weighted by molar-refractivity contribution is -0.917. The molecule has 1 saturated heterocycles. The van der Waals surface area contributed by atoms with Gasteiger partial charge in [0.2, 0.25) is 5.91 Å². The number of hydrogen-bond acceptors (Lipinski definition) is 2. The number of piperazine rings is 1. The van der Waals surface area contributed by atoms with Crippen molar-refractivity contribution < 1.29 is 9.69 Å². The molecule has 0 atom stereocenters. The molecule has 0 saturated carbocycles. The summed E-state index contributed by atoms with van der Waals surface area (Å²) in [5, 5.41) is 5.29. The molecule has 5 nitrogen and oxygen atoms in total. The highest BCUT2D eigenvalue weighted by Crippen LogP contribution is 2.22. The largest absolute Gasteiger partial charge is 0.332 e. The molecule has 23 heavy (non-hydrogen) atoms. The maximum atomic E-state index is 11.4. The van der Waals surface area contributed by atoms with E-state index in [0.717, 1.165) is 49.7 Å². The number of rotatable bonds is 3. The molecule has 0 spiro atoms. The fourth-order valence-electron chi connectivity index (χ4n) is 3.04. The molecule has 1 aliphatic rings. The van der Waals surface area contributed by atoms with Crippen LogP contribution in [0, 0.1) is 6.92 Å². The van der Waals surface area contributed by atoms with Crippen LogP contribution in [0.25, 0.3) is 5.69 Å². The number of halogens is 1. The summed E-state index contributed by atoms with van der Waals surface area (Å²) in [6, 6.07) is 9.94. The summed E-state index contributed by atoms with van der Waals surface area (Å²) in [7, 11) is 0. The van der Waals surface area contributed by atoms with E-state index in [1.165, 1.54) is 4.90 Å². The zero-order valence-corrected chi connectivity index (χ0v) is 14.3. The Morgan fingerprint density at radius 3 is 2.52 bits per heavy atom. The lowest BCUT2D eigenvalue weighted by atomic mass is 10.2. The molecule has 0 bridgehead atoms. The van der Waals surface area contributed by atoms with Crippen molar-refractivity contribution >= 4 is 17.5 Å². The van der Waals surface area contributed by atoms with Gasteiger partial charge in [0, 0.05) is 6.92 Å². The summed E-state index contributed by atoms with van der Waals surface area (Å²) in [6.45, 7) is 8.02. The van der Waals surface area contributed by atoms with E-state index in [2.05, 4.69) is 5.10 Å². The number of nitrogens with zero attached hydrogens (tertiary/aromatic N) is 3. The number of amides is 1. The molecule has 2 aromatic rings. The molecule has 2 heterocycles. The van der Waals surface area contributed by atoms with Crippen molar-refractivity contribution in [3.8, 4) is 5.69 Å². The molecule has 6 heteroatoms. The smallest absolute Gasteiger partial charge is 0.219 e. The van der Waals surface area contributed by atoms with Gasteiger partial charge >= 0.3 is 0 Å². The van der Waals surface area contributed by atoms with E-state index in [-0.39, 0.29) is 5.91 Å². The van der Waals surface area contributed by atoms with Crippen LogP contribution in [0.1, 0.15) is 18.2 Å². The maximum absolute atomic E-state index is 11.4. The molecule has 1 fully saturated rings. The summed E-state index contributed by atoms with van der Waals surface area (Å²) in [5.41, 5.74) is 3.05. The number of benzene rings is 1. The van der Waals surface area contributed by atoms with Gasteiger partial charge in [-0.15, -0.1) is 0 Å². The van der Waals surface area contributed by atoms with E-state index in [1.807, 2.05) is 42.2 Å². The fraction of sp³-hybridized carbons (Fsp3) is 0.412. The minimum absolute atomic E-state index is 0.162.